The van der Waals surface area contributed by atoms with Crippen molar-refractivity contribution in [2.45, 2.75) is 50.4 Å². The van der Waals surface area contributed by atoms with E-state index in [1.807, 2.05) is 13.8 Å². The zero-order valence-corrected chi connectivity index (χ0v) is 23.7. The van der Waals surface area contributed by atoms with E-state index < -0.39 is 5.72 Å². The molecule has 6 rings (SSSR count). The molecule has 0 amide bonds. The smallest absolute Gasteiger partial charge is 0.282 e. The number of hydrogen-bond acceptors (Lipinski definition) is 12. The van der Waals surface area contributed by atoms with E-state index >= 15 is 0 Å². The number of ether oxygens (including phenoxy) is 1. The molecule has 0 spiro atoms. The molecule has 1 aromatic carbocycles. The molecule has 13 heteroatoms. The van der Waals surface area contributed by atoms with Crippen molar-refractivity contribution in [1.29, 1.82) is 0 Å². The maximum Gasteiger partial charge on any atom is 0.282 e. The van der Waals surface area contributed by atoms with Crippen molar-refractivity contribution in [2.24, 2.45) is 0 Å². The van der Waals surface area contributed by atoms with E-state index in [0.717, 1.165) is 36.1 Å². The molecular weight excluding hydrogens is 536 g/mol. The minimum absolute atomic E-state index is 0.129. The van der Waals surface area contributed by atoms with E-state index in [1.54, 1.807) is 42.7 Å². The number of nitrogens with one attached hydrogen (secondary N) is 2. The normalized spacial score (nSPS) is 18.5. The summed E-state index contributed by atoms with van der Waals surface area (Å²) in [5, 5.41) is 21.3. The van der Waals surface area contributed by atoms with Crippen LogP contribution in [-0.2, 0) is 18.6 Å². The molecule has 0 unspecified atom stereocenters. The van der Waals surface area contributed by atoms with Crippen molar-refractivity contribution < 1.29 is 9.84 Å². The molecule has 0 radical (unpaired) electrons. The summed E-state index contributed by atoms with van der Waals surface area (Å²) in [5.74, 6) is 1.66. The van der Waals surface area contributed by atoms with E-state index in [0.29, 0.717) is 46.8 Å². The van der Waals surface area contributed by atoms with E-state index in [2.05, 4.69) is 25.6 Å². The first-order valence-corrected chi connectivity index (χ1v) is 14.9. The standard InChI is InChI=1S/C26H30N8O3S2/c1-4-27-22-30-23(28-5-2)32-24(31-22)34-26(36,15-10-12-16(37-3)13-11-15)14-38-25-29-20-19(21(35)33(25)34)17-8-6-7-9-18(17)39-20/h10-13,36H,4-9,14H2,1-3H3,(H2,27,28,30,31,32)/t26-/m0/s1. The second kappa shape index (κ2) is 10.3. The summed E-state index contributed by atoms with van der Waals surface area (Å²) in [5.41, 5.74) is -0.261. The van der Waals surface area contributed by atoms with Gasteiger partial charge in [0, 0.05) is 23.5 Å². The van der Waals surface area contributed by atoms with Gasteiger partial charge in [0.2, 0.25) is 11.9 Å². The lowest BCUT2D eigenvalue weighted by atomic mass is 9.97. The third-order valence-electron chi connectivity index (χ3n) is 6.93. The van der Waals surface area contributed by atoms with Crippen LogP contribution in [0.4, 0.5) is 17.8 Å². The Morgan fingerprint density at radius 2 is 1.72 bits per heavy atom. The van der Waals surface area contributed by atoms with Crippen molar-refractivity contribution in [2.75, 3.05) is 41.6 Å². The quantitative estimate of drug-likeness (QED) is 0.284. The molecule has 11 nitrogen and oxygen atoms in total. The van der Waals surface area contributed by atoms with Crippen molar-refractivity contribution in [3.8, 4) is 5.75 Å². The van der Waals surface area contributed by atoms with Crippen molar-refractivity contribution in [3.63, 3.8) is 0 Å². The Labute approximate surface area is 233 Å². The highest BCUT2D eigenvalue weighted by atomic mass is 32.2. The molecule has 4 heterocycles. The van der Waals surface area contributed by atoms with Crippen LogP contribution in [0, 0.1) is 0 Å². The number of thiophene rings is 1. The van der Waals surface area contributed by atoms with Gasteiger partial charge in [0.1, 0.15) is 10.6 Å². The third kappa shape index (κ3) is 4.38. The van der Waals surface area contributed by atoms with Gasteiger partial charge in [-0.15, -0.1) is 11.3 Å². The molecule has 4 aromatic rings. The molecule has 0 saturated carbocycles. The molecule has 1 aliphatic heterocycles. The number of aryl methyl sites for hydroxylation is 2. The van der Waals surface area contributed by atoms with E-state index in [-0.39, 0.29) is 17.3 Å². The van der Waals surface area contributed by atoms with Gasteiger partial charge < -0.3 is 20.5 Å². The fraction of sp³-hybridized carbons (Fsp3) is 0.423. The number of methoxy groups -OCH3 is 1. The maximum atomic E-state index is 14.4. The molecule has 0 saturated heterocycles. The van der Waals surface area contributed by atoms with Gasteiger partial charge in [0.05, 0.1) is 18.2 Å². The fourth-order valence-electron chi connectivity index (χ4n) is 5.09. The van der Waals surface area contributed by atoms with Gasteiger partial charge in [-0.3, -0.25) is 4.79 Å². The zero-order valence-electron chi connectivity index (χ0n) is 22.0. The Balaban J connectivity index is 1.62. The second-order valence-electron chi connectivity index (χ2n) is 9.39. The Kier molecular flexibility index (Phi) is 6.81. The average Bonchev–Trinajstić information content (AvgIpc) is 3.32. The SMILES string of the molecule is CCNc1nc(NCC)nc(N2n3c(nc4sc5c(c4c3=O)CCCC5)SC[C@]2(O)c2ccc(OC)cc2)n1. The molecule has 39 heavy (non-hydrogen) atoms. The summed E-state index contributed by atoms with van der Waals surface area (Å²) < 4.78 is 6.79. The first kappa shape index (κ1) is 25.8. The van der Waals surface area contributed by atoms with Crippen LogP contribution >= 0.6 is 23.1 Å². The van der Waals surface area contributed by atoms with Crippen LogP contribution in [0.15, 0.2) is 34.2 Å². The predicted molar refractivity (Wildman–Crippen MR) is 154 cm³/mol. The molecule has 1 aliphatic carbocycles. The highest BCUT2D eigenvalue weighted by molar-refractivity contribution is 7.99. The van der Waals surface area contributed by atoms with Gasteiger partial charge in [-0.1, -0.05) is 23.9 Å². The number of nitrogens with zero attached hydrogens (tertiary/aromatic N) is 6. The summed E-state index contributed by atoms with van der Waals surface area (Å²) in [6.45, 7) is 5.07. The molecular formula is C26H30N8O3S2. The summed E-state index contributed by atoms with van der Waals surface area (Å²) >= 11 is 2.94. The minimum Gasteiger partial charge on any atom is -0.497 e. The summed E-state index contributed by atoms with van der Waals surface area (Å²) in [4.78, 5) is 35.0. The highest BCUT2D eigenvalue weighted by Gasteiger charge is 2.46. The van der Waals surface area contributed by atoms with Crippen LogP contribution in [0.2, 0.25) is 0 Å². The largest absolute Gasteiger partial charge is 0.497 e. The lowest BCUT2D eigenvalue weighted by Gasteiger charge is -2.43. The van der Waals surface area contributed by atoms with Crippen LogP contribution in [0.5, 0.6) is 5.75 Å². The summed E-state index contributed by atoms with van der Waals surface area (Å²) in [7, 11) is 1.59. The number of hydrogen-bond donors (Lipinski definition) is 3. The number of benzene rings is 1. The number of rotatable bonds is 7. The van der Waals surface area contributed by atoms with Gasteiger partial charge in [-0.25, -0.2) is 9.99 Å². The van der Waals surface area contributed by atoms with Crippen LogP contribution in [0.25, 0.3) is 10.2 Å². The maximum absolute atomic E-state index is 14.4. The van der Waals surface area contributed by atoms with Crippen molar-refractivity contribution in [3.05, 3.63) is 50.6 Å². The predicted octanol–water partition coefficient (Wildman–Crippen LogP) is 3.61. The lowest BCUT2D eigenvalue weighted by Crippen LogP contribution is -2.58. The van der Waals surface area contributed by atoms with Gasteiger partial charge >= 0.3 is 0 Å². The van der Waals surface area contributed by atoms with Gasteiger partial charge in [0.15, 0.2) is 10.9 Å². The molecule has 0 fully saturated rings. The van der Waals surface area contributed by atoms with Gasteiger partial charge in [-0.05, 0) is 57.2 Å². The van der Waals surface area contributed by atoms with Crippen LogP contribution in [0.3, 0.4) is 0 Å². The number of anilines is 3. The molecule has 0 bridgehead atoms. The number of aliphatic hydroxyl groups is 1. The van der Waals surface area contributed by atoms with Crippen LogP contribution in [-0.4, -0.2) is 55.7 Å². The minimum atomic E-state index is -1.67. The monoisotopic (exact) mass is 566 g/mol. The van der Waals surface area contributed by atoms with Crippen molar-refractivity contribution >= 4 is 51.2 Å². The van der Waals surface area contributed by atoms with Gasteiger partial charge in [-0.2, -0.15) is 19.6 Å². The zero-order chi connectivity index (χ0) is 27.1. The average molecular weight is 567 g/mol. The second-order valence-corrected chi connectivity index (χ2v) is 11.4. The van der Waals surface area contributed by atoms with Gasteiger partial charge in [0.25, 0.3) is 11.5 Å². The summed E-state index contributed by atoms with van der Waals surface area (Å²) in [6.07, 6.45) is 3.97. The first-order valence-electron chi connectivity index (χ1n) is 13.1. The number of thioether (sulfide) groups is 1. The Hall–Kier alpha value is -3.42. The van der Waals surface area contributed by atoms with E-state index in [1.165, 1.54) is 26.3 Å². The highest BCUT2D eigenvalue weighted by Crippen LogP contribution is 2.42. The Morgan fingerprint density at radius 1 is 1.03 bits per heavy atom. The van der Waals surface area contributed by atoms with E-state index in [9.17, 15) is 9.90 Å². The Morgan fingerprint density at radius 3 is 2.38 bits per heavy atom. The molecule has 1 atom stereocenters. The third-order valence-corrected chi connectivity index (χ3v) is 9.18. The van der Waals surface area contributed by atoms with Crippen molar-refractivity contribution in [1.82, 2.24) is 24.6 Å². The topological polar surface area (TPSA) is 130 Å². The molecule has 3 aromatic heterocycles. The lowest BCUT2D eigenvalue weighted by molar-refractivity contribution is 0.0383. The van der Waals surface area contributed by atoms with E-state index in [4.69, 9.17) is 9.72 Å². The van der Waals surface area contributed by atoms with Crippen LogP contribution < -0.4 is 25.9 Å². The summed E-state index contributed by atoms with van der Waals surface area (Å²) in [6, 6.07) is 7.15. The van der Waals surface area contributed by atoms with Crippen LogP contribution in [0.1, 0.15) is 42.7 Å². The molecule has 204 valence electrons. The molecule has 2 aliphatic rings. The Bertz CT molecular complexity index is 1560. The molecule has 3 N–H and O–H groups in total. The fourth-order valence-corrected chi connectivity index (χ4v) is 7.46. The first-order chi connectivity index (χ1) is 19.0. The number of aromatic nitrogens is 5. The number of fused-ring (bicyclic) bond motifs is 4.